The summed E-state index contributed by atoms with van der Waals surface area (Å²) >= 11 is 6.34. The quantitative estimate of drug-likeness (QED) is 0.428. The topological polar surface area (TPSA) is 83.5 Å². The number of nitrogens with two attached hydrogens (primary N) is 1. The Morgan fingerprint density at radius 1 is 1.16 bits per heavy atom. The highest BCUT2D eigenvalue weighted by Gasteiger charge is 2.25. The lowest BCUT2D eigenvalue weighted by Gasteiger charge is -2.27. The minimum atomic E-state index is -1.02. The summed E-state index contributed by atoms with van der Waals surface area (Å²) in [5.41, 5.74) is 9.94. The maximum Gasteiger partial charge on any atom is 0.137 e. The lowest BCUT2D eigenvalue weighted by molar-refractivity contribution is -0.118. The van der Waals surface area contributed by atoms with Crippen LogP contribution >= 0.6 is 11.6 Å². The molecule has 0 amide bonds. The monoisotopic (exact) mass is 459 g/mol. The third-order valence-electron chi connectivity index (χ3n) is 6.08. The fourth-order valence-electron chi connectivity index (χ4n) is 4.12. The molecular weight excluding hydrogens is 422 g/mol. The molecule has 0 heterocycles. The van der Waals surface area contributed by atoms with Crippen LogP contribution < -0.4 is 5.73 Å². The van der Waals surface area contributed by atoms with Crippen LogP contribution in [-0.2, 0) is 23.2 Å². The average Bonchev–Trinajstić information content (AvgIpc) is 2.72. The molecule has 4 N–H and O–H groups in total. The Morgan fingerprint density at radius 2 is 1.84 bits per heavy atom. The van der Waals surface area contributed by atoms with Gasteiger partial charge in [-0.3, -0.25) is 4.79 Å². The number of aliphatic hydroxyl groups is 2. The number of halogens is 1. The highest BCUT2D eigenvalue weighted by atomic mass is 35.5. The molecule has 2 aromatic rings. The fourth-order valence-corrected chi connectivity index (χ4v) is 4.30. The molecule has 0 radical (unpaired) electrons. The van der Waals surface area contributed by atoms with Crippen LogP contribution in [0.4, 0.5) is 0 Å². The van der Waals surface area contributed by atoms with Gasteiger partial charge in [0.1, 0.15) is 5.78 Å². The zero-order valence-corrected chi connectivity index (χ0v) is 20.7. The van der Waals surface area contributed by atoms with E-state index < -0.39 is 11.6 Å². The first kappa shape index (κ1) is 26.5. The molecule has 0 fully saturated rings. The molecule has 2 aromatic carbocycles. The lowest BCUT2D eigenvalue weighted by atomic mass is 9.82. The zero-order chi connectivity index (χ0) is 24.1. The average molecular weight is 460 g/mol. The fraction of sp³-hybridized carbons (Fsp3) is 0.519. The second-order valence-electron chi connectivity index (χ2n) is 9.74. The summed E-state index contributed by atoms with van der Waals surface area (Å²) in [4.78, 5) is 12.8. The van der Waals surface area contributed by atoms with E-state index in [0.29, 0.717) is 36.6 Å². The van der Waals surface area contributed by atoms with E-state index in [-0.39, 0.29) is 18.3 Å². The molecule has 0 spiro atoms. The van der Waals surface area contributed by atoms with E-state index >= 15 is 0 Å². The predicted octanol–water partition coefficient (Wildman–Crippen LogP) is 5.25. The molecule has 0 saturated carbocycles. The van der Waals surface area contributed by atoms with Crippen molar-refractivity contribution in [3.05, 3.63) is 69.2 Å². The zero-order valence-electron chi connectivity index (χ0n) is 20.0. The molecule has 32 heavy (non-hydrogen) atoms. The Balaban J connectivity index is 2.16. The summed E-state index contributed by atoms with van der Waals surface area (Å²) < 4.78 is 0. The number of aliphatic hydroxyl groups excluding tert-OH is 1. The van der Waals surface area contributed by atoms with E-state index in [9.17, 15) is 15.0 Å². The van der Waals surface area contributed by atoms with Gasteiger partial charge in [-0.25, -0.2) is 0 Å². The maximum absolute atomic E-state index is 12.8. The Kier molecular flexibility index (Phi) is 9.47. The van der Waals surface area contributed by atoms with Gasteiger partial charge in [-0.1, -0.05) is 62.7 Å². The smallest absolute Gasteiger partial charge is 0.137 e. The van der Waals surface area contributed by atoms with Crippen LogP contribution in [-0.4, -0.2) is 28.6 Å². The molecule has 4 nitrogen and oxygen atoms in total. The van der Waals surface area contributed by atoms with E-state index in [1.54, 1.807) is 13.8 Å². The molecular formula is C27H38ClNO3. The van der Waals surface area contributed by atoms with Crippen molar-refractivity contribution in [3.8, 4) is 0 Å². The number of benzene rings is 2. The predicted molar refractivity (Wildman–Crippen MR) is 132 cm³/mol. The molecule has 0 aliphatic rings. The molecule has 2 rings (SSSR count). The maximum atomic E-state index is 12.8. The van der Waals surface area contributed by atoms with Gasteiger partial charge in [0.05, 0.1) is 12.2 Å². The van der Waals surface area contributed by atoms with Gasteiger partial charge in [-0.05, 0) is 72.4 Å². The largest absolute Gasteiger partial charge is 0.395 e. The second kappa shape index (κ2) is 11.4. The molecule has 176 valence electrons. The van der Waals surface area contributed by atoms with Crippen molar-refractivity contribution in [1.29, 1.82) is 0 Å². The summed E-state index contributed by atoms with van der Waals surface area (Å²) in [6.07, 6.45) is 1.94. The lowest BCUT2D eigenvalue weighted by Crippen LogP contribution is -2.30. The molecule has 0 aliphatic carbocycles. The SMILES string of the molecule is CC(C)c1ccc(Cl)c(CC(=O)CC[C@@H](C)c2cccc(C(C)(C)O)c2C[C@@H](N)CO)c1. The second-order valence-corrected chi connectivity index (χ2v) is 10.1. The number of Topliss-reactive ketones (excluding diaryl/α,β-unsaturated/α-hetero) is 1. The van der Waals surface area contributed by atoms with Gasteiger partial charge in [0, 0.05) is 23.9 Å². The summed E-state index contributed by atoms with van der Waals surface area (Å²) in [6, 6.07) is 11.4. The summed E-state index contributed by atoms with van der Waals surface area (Å²) in [5.74, 6) is 0.652. The summed E-state index contributed by atoms with van der Waals surface area (Å²) in [5, 5.41) is 20.8. The number of hydrogen-bond donors (Lipinski definition) is 3. The molecule has 2 atom stereocenters. The van der Waals surface area contributed by atoms with Gasteiger partial charge < -0.3 is 15.9 Å². The third-order valence-corrected chi connectivity index (χ3v) is 6.45. The van der Waals surface area contributed by atoms with Gasteiger partial charge in [-0.15, -0.1) is 0 Å². The van der Waals surface area contributed by atoms with Crippen molar-refractivity contribution in [1.82, 2.24) is 0 Å². The van der Waals surface area contributed by atoms with E-state index in [0.717, 1.165) is 22.3 Å². The Hall–Kier alpha value is -1.72. The van der Waals surface area contributed by atoms with Crippen molar-refractivity contribution >= 4 is 17.4 Å². The first-order valence-corrected chi connectivity index (χ1v) is 11.8. The molecule has 0 saturated heterocycles. The first-order chi connectivity index (χ1) is 14.9. The van der Waals surface area contributed by atoms with Crippen molar-refractivity contribution in [3.63, 3.8) is 0 Å². The Labute approximate surface area is 197 Å². The number of carbonyl (C=O) groups excluding carboxylic acids is 1. The van der Waals surface area contributed by atoms with Gasteiger partial charge in [-0.2, -0.15) is 0 Å². The van der Waals surface area contributed by atoms with Gasteiger partial charge in [0.2, 0.25) is 0 Å². The van der Waals surface area contributed by atoms with E-state index in [4.69, 9.17) is 17.3 Å². The summed E-state index contributed by atoms with van der Waals surface area (Å²) in [6.45, 7) is 9.73. The van der Waals surface area contributed by atoms with Crippen LogP contribution in [0.2, 0.25) is 5.02 Å². The number of ketones is 1. The van der Waals surface area contributed by atoms with E-state index in [1.165, 1.54) is 5.56 Å². The van der Waals surface area contributed by atoms with Crippen molar-refractivity contribution in [2.45, 2.75) is 83.8 Å². The minimum Gasteiger partial charge on any atom is -0.395 e. The first-order valence-electron chi connectivity index (χ1n) is 11.4. The minimum absolute atomic E-state index is 0.111. The number of rotatable bonds is 11. The van der Waals surface area contributed by atoms with E-state index in [1.807, 2.05) is 36.4 Å². The number of hydrogen-bond acceptors (Lipinski definition) is 4. The Morgan fingerprint density at radius 3 is 2.44 bits per heavy atom. The normalized spacial score (nSPS) is 13.9. The van der Waals surface area contributed by atoms with Gasteiger partial charge >= 0.3 is 0 Å². The van der Waals surface area contributed by atoms with Crippen molar-refractivity contribution in [2.24, 2.45) is 5.73 Å². The Bertz CT molecular complexity index is 918. The van der Waals surface area contributed by atoms with Crippen LogP contribution in [0.25, 0.3) is 0 Å². The van der Waals surface area contributed by atoms with Crippen molar-refractivity contribution in [2.75, 3.05) is 6.61 Å². The highest BCUT2D eigenvalue weighted by molar-refractivity contribution is 6.31. The van der Waals surface area contributed by atoms with Gasteiger partial charge in [0.25, 0.3) is 0 Å². The van der Waals surface area contributed by atoms with E-state index in [2.05, 4.69) is 20.8 Å². The molecule has 0 unspecified atom stereocenters. The van der Waals surface area contributed by atoms with Crippen LogP contribution in [0.1, 0.15) is 87.1 Å². The van der Waals surface area contributed by atoms with Crippen LogP contribution in [0, 0.1) is 0 Å². The molecule has 5 heteroatoms. The van der Waals surface area contributed by atoms with Crippen molar-refractivity contribution < 1.29 is 15.0 Å². The summed E-state index contributed by atoms with van der Waals surface area (Å²) in [7, 11) is 0. The third kappa shape index (κ3) is 7.14. The van der Waals surface area contributed by atoms with Gasteiger partial charge in [0.15, 0.2) is 0 Å². The molecule has 0 bridgehead atoms. The van der Waals surface area contributed by atoms with Crippen LogP contribution in [0.15, 0.2) is 36.4 Å². The van der Waals surface area contributed by atoms with Crippen LogP contribution in [0.3, 0.4) is 0 Å². The molecule has 0 aliphatic heterocycles. The number of carbonyl (C=O) groups is 1. The van der Waals surface area contributed by atoms with Crippen LogP contribution in [0.5, 0.6) is 0 Å². The highest BCUT2D eigenvalue weighted by Crippen LogP contribution is 2.33. The standard InChI is InChI=1S/C27H38ClNO3/c1-17(2)19-10-12-26(28)20(13-19)14-22(31)11-9-18(3)23-7-6-8-25(27(4,5)32)24(23)15-21(29)16-30/h6-8,10,12-13,17-18,21,30,32H,9,11,14-16,29H2,1-5H3/t18-,21-/m1/s1. The molecule has 0 aromatic heterocycles.